The van der Waals surface area contributed by atoms with Crippen LogP contribution in [-0.2, 0) is 4.79 Å². The smallest absolute Gasteiger partial charge is 0.230 e. The van der Waals surface area contributed by atoms with Gasteiger partial charge in [-0.15, -0.1) is 11.6 Å². The number of amides is 1. The number of carbonyl (C=O) groups excluding carboxylic acids is 1. The maximum absolute atomic E-state index is 12.5. The van der Waals surface area contributed by atoms with Gasteiger partial charge in [-0.05, 0) is 18.4 Å². The minimum absolute atomic E-state index is 0.0408. The summed E-state index contributed by atoms with van der Waals surface area (Å²) >= 11 is 5.78. The van der Waals surface area contributed by atoms with Crippen molar-refractivity contribution in [2.24, 2.45) is 0 Å². The molecule has 0 aromatic heterocycles. The molecular formula is C15H22ClNO. The highest BCUT2D eigenvalue weighted by Gasteiger charge is 2.23. The van der Waals surface area contributed by atoms with E-state index in [-0.39, 0.29) is 11.8 Å². The Bertz CT molecular complexity index is 347. The predicted octanol–water partition coefficient (Wildman–Crippen LogP) is 3.66. The first kappa shape index (κ1) is 15.0. The van der Waals surface area contributed by atoms with E-state index < -0.39 is 0 Å². The fourth-order valence-electron chi connectivity index (χ4n) is 2.16. The van der Waals surface area contributed by atoms with E-state index in [0.717, 1.165) is 24.9 Å². The Hall–Kier alpha value is -1.02. The summed E-state index contributed by atoms with van der Waals surface area (Å²) in [7, 11) is 0. The first-order valence-corrected chi connectivity index (χ1v) is 7.17. The van der Waals surface area contributed by atoms with E-state index in [9.17, 15) is 4.79 Å². The van der Waals surface area contributed by atoms with Crippen LogP contribution in [0.25, 0.3) is 0 Å². The first-order valence-electron chi connectivity index (χ1n) is 6.64. The Morgan fingerprint density at radius 1 is 1.22 bits per heavy atom. The number of alkyl halides is 1. The zero-order chi connectivity index (χ0) is 13.4. The van der Waals surface area contributed by atoms with Crippen LogP contribution in [0.15, 0.2) is 30.3 Å². The topological polar surface area (TPSA) is 20.3 Å². The van der Waals surface area contributed by atoms with Crippen molar-refractivity contribution in [3.63, 3.8) is 0 Å². The van der Waals surface area contributed by atoms with Gasteiger partial charge in [-0.2, -0.15) is 0 Å². The lowest BCUT2D eigenvalue weighted by Crippen LogP contribution is -2.37. The largest absolute Gasteiger partial charge is 0.341 e. The van der Waals surface area contributed by atoms with Crippen LogP contribution < -0.4 is 0 Å². The molecule has 0 aliphatic heterocycles. The van der Waals surface area contributed by atoms with E-state index >= 15 is 0 Å². The van der Waals surface area contributed by atoms with Gasteiger partial charge in [0.15, 0.2) is 0 Å². The van der Waals surface area contributed by atoms with Crippen LogP contribution in [0.5, 0.6) is 0 Å². The molecule has 0 heterocycles. The zero-order valence-corrected chi connectivity index (χ0v) is 12.0. The van der Waals surface area contributed by atoms with Crippen molar-refractivity contribution in [2.75, 3.05) is 19.0 Å². The number of halogens is 1. The van der Waals surface area contributed by atoms with Gasteiger partial charge in [-0.1, -0.05) is 44.2 Å². The van der Waals surface area contributed by atoms with Gasteiger partial charge >= 0.3 is 0 Å². The lowest BCUT2D eigenvalue weighted by atomic mass is 9.95. The third kappa shape index (κ3) is 4.02. The normalized spacial score (nSPS) is 12.2. The highest BCUT2D eigenvalue weighted by Crippen LogP contribution is 2.22. The Morgan fingerprint density at radius 2 is 1.89 bits per heavy atom. The van der Waals surface area contributed by atoms with E-state index in [0.29, 0.717) is 12.4 Å². The van der Waals surface area contributed by atoms with Gasteiger partial charge < -0.3 is 4.90 Å². The van der Waals surface area contributed by atoms with Crippen molar-refractivity contribution < 1.29 is 4.79 Å². The zero-order valence-electron chi connectivity index (χ0n) is 11.2. The summed E-state index contributed by atoms with van der Waals surface area (Å²) in [4.78, 5) is 14.4. The molecule has 0 saturated carbocycles. The molecule has 1 unspecified atom stereocenters. The molecule has 18 heavy (non-hydrogen) atoms. The monoisotopic (exact) mass is 267 g/mol. The molecule has 0 bridgehead atoms. The van der Waals surface area contributed by atoms with Gasteiger partial charge in [0, 0.05) is 19.0 Å². The summed E-state index contributed by atoms with van der Waals surface area (Å²) in [6.45, 7) is 5.56. The molecule has 0 fully saturated rings. The van der Waals surface area contributed by atoms with Crippen LogP contribution >= 0.6 is 11.6 Å². The number of carbonyl (C=O) groups is 1. The molecule has 1 aromatic rings. The molecule has 1 atom stereocenters. The second kappa shape index (κ2) is 8.15. The van der Waals surface area contributed by atoms with Crippen LogP contribution in [0.3, 0.4) is 0 Å². The number of benzene rings is 1. The fourth-order valence-corrected chi connectivity index (χ4v) is 2.37. The van der Waals surface area contributed by atoms with Gasteiger partial charge in [-0.25, -0.2) is 0 Å². The van der Waals surface area contributed by atoms with Gasteiger partial charge in [0.1, 0.15) is 0 Å². The molecule has 1 aromatic carbocycles. The van der Waals surface area contributed by atoms with E-state index in [4.69, 9.17) is 11.6 Å². The molecule has 100 valence electrons. The van der Waals surface area contributed by atoms with Crippen molar-refractivity contribution in [1.82, 2.24) is 4.90 Å². The lowest BCUT2D eigenvalue weighted by Gasteiger charge is -2.26. The van der Waals surface area contributed by atoms with E-state index in [1.807, 2.05) is 35.2 Å². The van der Waals surface area contributed by atoms with Crippen LogP contribution in [0, 0.1) is 0 Å². The first-order chi connectivity index (χ1) is 8.74. The SMILES string of the molecule is CCCN(CCCl)C(=O)C(CC)c1ccccc1. The van der Waals surface area contributed by atoms with Gasteiger partial charge in [-0.3, -0.25) is 4.79 Å². The van der Waals surface area contributed by atoms with E-state index in [1.165, 1.54) is 0 Å². The highest BCUT2D eigenvalue weighted by molar-refractivity contribution is 6.18. The van der Waals surface area contributed by atoms with Gasteiger partial charge in [0.05, 0.1) is 5.92 Å². The summed E-state index contributed by atoms with van der Waals surface area (Å²) < 4.78 is 0. The maximum atomic E-state index is 12.5. The number of rotatable bonds is 7. The summed E-state index contributed by atoms with van der Waals surface area (Å²) in [5.74, 6) is 0.656. The fraction of sp³-hybridized carbons (Fsp3) is 0.533. The Labute approximate surface area is 115 Å². The average Bonchev–Trinajstić information content (AvgIpc) is 2.40. The van der Waals surface area contributed by atoms with Crippen LogP contribution in [0.2, 0.25) is 0 Å². The molecule has 0 radical (unpaired) electrons. The molecule has 1 amide bonds. The van der Waals surface area contributed by atoms with Crippen LogP contribution in [0.4, 0.5) is 0 Å². The number of nitrogens with zero attached hydrogens (tertiary/aromatic N) is 1. The van der Waals surface area contributed by atoms with Crippen molar-refractivity contribution in [3.05, 3.63) is 35.9 Å². The highest BCUT2D eigenvalue weighted by atomic mass is 35.5. The van der Waals surface area contributed by atoms with Crippen LogP contribution in [-0.4, -0.2) is 29.8 Å². The molecule has 3 heteroatoms. The second-order valence-corrected chi connectivity index (χ2v) is 4.76. The quantitative estimate of drug-likeness (QED) is 0.691. The van der Waals surface area contributed by atoms with Crippen molar-refractivity contribution in [1.29, 1.82) is 0 Å². The Morgan fingerprint density at radius 3 is 2.39 bits per heavy atom. The molecule has 2 nitrogen and oxygen atoms in total. The third-order valence-electron chi connectivity index (χ3n) is 3.07. The minimum atomic E-state index is -0.0408. The molecule has 0 spiro atoms. The van der Waals surface area contributed by atoms with Crippen molar-refractivity contribution in [2.45, 2.75) is 32.6 Å². The predicted molar refractivity (Wildman–Crippen MR) is 77.1 cm³/mol. The molecule has 0 saturated heterocycles. The molecule has 0 aliphatic carbocycles. The Balaban J connectivity index is 2.83. The summed E-state index contributed by atoms with van der Waals surface area (Å²) in [5, 5.41) is 0. The van der Waals surface area contributed by atoms with Crippen LogP contribution in [0.1, 0.15) is 38.2 Å². The third-order valence-corrected chi connectivity index (χ3v) is 3.24. The Kier molecular flexibility index (Phi) is 6.81. The maximum Gasteiger partial charge on any atom is 0.230 e. The molecule has 0 N–H and O–H groups in total. The lowest BCUT2D eigenvalue weighted by molar-refractivity contribution is -0.132. The summed E-state index contributed by atoms with van der Waals surface area (Å²) in [6, 6.07) is 9.99. The average molecular weight is 268 g/mol. The minimum Gasteiger partial charge on any atom is -0.341 e. The van der Waals surface area contributed by atoms with Gasteiger partial charge in [0.25, 0.3) is 0 Å². The molecular weight excluding hydrogens is 246 g/mol. The van der Waals surface area contributed by atoms with E-state index in [2.05, 4.69) is 13.8 Å². The number of hydrogen-bond donors (Lipinski definition) is 0. The van der Waals surface area contributed by atoms with Crippen molar-refractivity contribution in [3.8, 4) is 0 Å². The van der Waals surface area contributed by atoms with E-state index in [1.54, 1.807) is 0 Å². The summed E-state index contributed by atoms with van der Waals surface area (Å²) in [6.07, 6.45) is 1.79. The molecule has 1 rings (SSSR count). The number of hydrogen-bond acceptors (Lipinski definition) is 1. The summed E-state index contributed by atoms with van der Waals surface area (Å²) in [5.41, 5.74) is 1.10. The van der Waals surface area contributed by atoms with Gasteiger partial charge in [0.2, 0.25) is 5.91 Å². The second-order valence-electron chi connectivity index (χ2n) is 4.39. The van der Waals surface area contributed by atoms with Crippen molar-refractivity contribution >= 4 is 17.5 Å². The molecule has 0 aliphatic rings. The standard InChI is InChI=1S/C15H22ClNO/c1-3-11-17(12-10-16)15(18)14(4-2)13-8-6-5-7-9-13/h5-9,14H,3-4,10-12H2,1-2H3.